The number of unbranched alkanes of at least 4 members (excludes halogenated alkanes) is 3. The first-order chi connectivity index (χ1) is 11.2. The monoisotopic (exact) mass is 353 g/mol. The number of amides is 1. The van der Waals surface area contributed by atoms with Gasteiger partial charge in [0.2, 0.25) is 0 Å². The predicted molar refractivity (Wildman–Crippen MR) is 96.9 cm³/mol. The van der Waals surface area contributed by atoms with E-state index in [1.165, 1.54) is 6.26 Å². The lowest BCUT2D eigenvalue weighted by molar-refractivity contribution is 0.100. The first-order valence-electron chi connectivity index (χ1n) is 8.21. The van der Waals surface area contributed by atoms with Crippen LogP contribution in [-0.2, 0) is 22.7 Å². The SMILES string of the molecule is CCCCCCc1ccc(C(=O)N=C(N)N)c(CC)c1S(C)(=O)=O. The van der Waals surface area contributed by atoms with Crippen LogP contribution in [0.2, 0.25) is 0 Å². The highest BCUT2D eigenvalue weighted by molar-refractivity contribution is 7.90. The smallest absolute Gasteiger partial charge is 0.280 e. The Bertz CT molecular complexity index is 721. The summed E-state index contributed by atoms with van der Waals surface area (Å²) in [7, 11) is -3.47. The molecule has 1 rings (SSSR count). The van der Waals surface area contributed by atoms with Crippen molar-refractivity contribution in [1.29, 1.82) is 0 Å². The van der Waals surface area contributed by atoms with Crippen LogP contribution in [0.25, 0.3) is 0 Å². The molecule has 134 valence electrons. The molecular weight excluding hydrogens is 326 g/mol. The minimum Gasteiger partial charge on any atom is -0.370 e. The first kappa shape index (κ1) is 20.2. The van der Waals surface area contributed by atoms with Crippen LogP contribution in [-0.4, -0.2) is 26.5 Å². The number of rotatable bonds is 8. The number of aryl methyl sites for hydroxylation is 1. The fraction of sp³-hybridized carbons (Fsp3) is 0.529. The van der Waals surface area contributed by atoms with E-state index in [-0.39, 0.29) is 16.4 Å². The molecule has 1 amide bonds. The molecule has 1 aromatic carbocycles. The normalized spacial score (nSPS) is 11.3. The van der Waals surface area contributed by atoms with E-state index < -0.39 is 15.7 Å². The van der Waals surface area contributed by atoms with Crippen LogP contribution in [0.15, 0.2) is 22.0 Å². The Labute approximate surface area is 144 Å². The molecule has 0 saturated heterocycles. The summed E-state index contributed by atoms with van der Waals surface area (Å²) in [4.78, 5) is 16.0. The fourth-order valence-corrected chi connectivity index (χ4v) is 4.15. The van der Waals surface area contributed by atoms with Crippen LogP contribution in [0.1, 0.15) is 61.0 Å². The molecule has 1 aromatic rings. The highest BCUT2D eigenvalue weighted by atomic mass is 32.2. The zero-order valence-electron chi connectivity index (χ0n) is 14.6. The van der Waals surface area contributed by atoms with Gasteiger partial charge < -0.3 is 11.5 Å². The van der Waals surface area contributed by atoms with Crippen LogP contribution in [0, 0.1) is 0 Å². The number of benzene rings is 1. The standard InChI is InChI=1S/C17H27N3O3S/c1-4-6-7-8-9-12-10-11-14(16(21)20-17(18)19)13(5-2)15(12)24(3,22)23/h10-11H,4-9H2,1-3H3,(H4,18,19,20,21). The van der Waals surface area contributed by atoms with E-state index in [9.17, 15) is 13.2 Å². The lowest BCUT2D eigenvalue weighted by Gasteiger charge is -2.15. The average molecular weight is 353 g/mol. The molecule has 0 saturated carbocycles. The van der Waals surface area contributed by atoms with E-state index in [2.05, 4.69) is 11.9 Å². The molecule has 0 aliphatic rings. The molecule has 0 aliphatic heterocycles. The molecule has 0 unspecified atom stereocenters. The highest BCUT2D eigenvalue weighted by Crippen LogP contribution is 2.27. The van der Waals surface area contributed by atoms with E-state index >= 15 is 0 Å². The molecule has 0 atom stereocenters. The summed E-state index contributed by atoms with van der Waals surface area (Å²) in [6.07, 6.45) is 6.46. The van der Waals surface area contributed by atoms with Gasteiger partial charge in [0, 0.05) is 11.8 Å². The first-order valence-corrected chi connectivity index (χ1v) is 10.1. The molecule has 0 spiro atoms. The van der Waals surface area contributed by atoms with Crippen molar-refractivity contribution in [2.45, 2.75) is 57.3 Å². The Morgan fingerprint density at radius 1 is 1.12 bits per heavy atom. The van der Waals surface area contributed by atoms with Gasteiger partial charge in [-0.3, -0.25) is 4.79 Å². The molecule has 7 heteroatoms. The number of carbonyl (C=O) groups excluding carboxylic acids is 1. The molecule has 0 radical (unpaired) electrons. The van der Waals surface area contributed by atoms with Gasteiger partial charge in [0.15, 0.2) is 15.8 Å². The third-order valence-electron chi connectivity index (χ3n) is 3.83. The van der Waals surface area contributed by atoms with Crippen molar-refractivity contribution in [3.8, 4) is 0 Å². The second-order valence-electron chi connectivity index (χ2n) is 5.86. The molecule has 0 aromatic heterocycles. The minimum absolute atomic E-state index is 0.239. The largest absolute Gasteiger partial charge is 0.370 e. The zero-order chi connectivity index (χ0) is 18.3. The Hall–Kier alpha value is -1.89. The van der Waals surface area contributed by atoms with Gasteiger partial charge in [-0.2, -0.15) is 4.99 Å². The van der Waals surface area contributed by atoms with Gasteiger partial charge in [-0.15, -0.1) is 0 Å². The molecule has 0 fully saturated rings. The number of nitrogens with two attached hydrogens (primary N) is 2. The van der Waals surface area contributed by atoms with Crippen LogP contribution >= 0.6 is 0 Å². The Kier molecular flexibility index (Phi) is 7.41. The number of nitrogens with zero attached hydrogens (tertiary/aromatic N) is 1. The van der Waals surface area contributed by atoms with E-state index in [4.69, 9.17) is 11.5 Å². The third kappa shape index (κ3) is 5.33. The van der Waals surface area contributed by atoms with E-state index in [0.717, 1.165) is 31.2 Å². The van der Waals surface area contributed by atoms with Crippen molar-refractivity contribution in [2.75, 3.05) is 6.26 Å². The van der Waals surface area contributed by atoms with Crippen LogP contribution in [0.3, 0.4) is 0 Å². The van der Waals surface area contributed by atoms with Crippen LogP contribution < -0.4 is 11.5 Å². The van der Waals surface area contributed by atoms with Crippen molar-refractivity contribution in [1.82, 2.24) is 0 Å². The van der Waals surface area contributed by atoms with Gasteiger partial charge in [0.1, 0.15) is 0 Å². The molecule has 24 heavy (non-hydrogen) atoms. The van der Waals surface area contributed by atoms with Crippen LogP contribution in [0.4, 0.5) is 0 Å². The van der Waals surface area contributed by atoms with Crippen molar-refractivity contribution in [3.05, 3.63) is 28.8 Å². The molecular formula is C17H27N3O3S. The molecule has 4 N–H and O–H groups in total. The number of hydrogen-bond donors (Lipinski definition) is 2. The summed E-state index contributed by atoms with van der Waals surface area (Å²) >= 11 is 0. The van der Waals surface area contributed by atoms with E-state index in [0.29, 0.717) is 18.4 Å². The topological polar surface area (TPSA) is 116 Å². The lowest BCUT2D eigenvalue weighted by atomic mass is 9.98. The van der Waals surface area contributed by atoms with Crippen molar-refractivity contribution >= 4 is 21.7 Å². The maximum absolute atomic E-state index is 12.3. The highest BCUT2D eigenvalue weighted by Gasteiger charge is 2.23. The quantitative estimate of drug-likeness (QED) is 0.422. The zero-order valence-corrected chi connectivity index (χ0v) is 15.4. The van der Waals surface area contributed by atoms with Gasteiger partial charge in [0.25, 0.3) is 5.91 Å². The summed E-state index contributed by atoms with van der Waals surface area (Å²) in [6, 6.07) is 3.33. The Balaban J connectivity index is 3.39. The van der Waals surface area contributed by atoms with Gasteiger partial charge in [-0.05, 0) is 36.5 Å². The summed E-state index contributed by atoms with van der Waals surface area (Å²) in [6.45, 7) is 3.94. The molecule has 6 nitrogen and oxygen atoms in total. The Morgan fingerprint density at radius 3 is 2.29 bits per heavy atom. The van der Waals surface area contributed by atoms with Crippen LogP contribution in [0.5, 0.6) is 0 Å². The second-order valence-corrected chi connectivity index (χ2v) is 7.81. The number of guanidine groups is 1. The van der Waals surface area contributed by atoms with Gasteiger partial charge in [-0.25, -0.2) is 8.42 Å². The average Bonchev–Trinajstić information content (AvgIpc) is 2.48. The fourth-order valence-electron chi connectivity index (χ4n) is 2.81. The molecule has 0 bridgehead atoms. The predicted octanol–water partition coefficient (Wildman–Crippen LogP) is 2.19. The maximum atomic E-state index is 12.3. The Morgan fingerprint density at radius 2 is 1.79 bits per heavy atom. The van der Waals surface area contributed by atoms with Crippen molar-refractivity contribution in [2.24, 2.45) is 16.5 Å². The van der Waals surface area contributed by atoms with E-state index in [1.807, 2.05) is 6.92 Å². The molecule has 0 heterocycles. The summed E-state index contributed by atoms with van der Waals surface area (Å²) in [5, 5.41) is 0. The molecule has 0 aliphatic carbocycles. The van der Waals surface area contributed by atoms with Gasteiger partial charge in [-0.1, -0.05) is 39.2 Å². The lowest BCUT2D eigenvalue weighted by Crippen LogP contribution is -2.24. The minimum atomic E-state index is -3.47. The number of sulfone groups is 1. The number of carbonyl (C=O) groups is 1. The number of hydrogen-bond acceptors (Lipinski definition) is 3. The van der Waals surface area contributed by atoms with Crippen molar-refractivity contribution < 1.29 is 13.2 Å². The van der Waals surface area contributed by atoms with Gasteiger partial charge >= 0.3 is 0 Å². The summed E-state index contributed by atoms with van der Waals surface area (Å²) < 4.78 is 24.6. The maximum Gasteiger partial charge on any atom is 0.280 e. The van der Waals surface area contributed by atoms with Crippen molar-refractivity contribution in [3.63, 3.8) is 0 Å². The van der Waals surface area contributed by atoms with E-state index in [1.54, 1.807) is 12.1 Å². The third-order valence-corrected chi connectivity index (χ3v) is 5.08. The second kappa shape index (κ2) is 8.82. The summed E-state index contributed by atoms with van der Waals surface area (Å²) in [5.74, 6) is -0.958. The number of aliphatic imine (C=N–C) groups is 1. The summed E-state index contributed by atoms with van der Waals surface area (Å²) in [5.41, 5.74) is 12.0. The van der Waals surface area contributed by atoms with Gasteiger partial charge in [0.05, 0.1) is 4.90 Å².